The van der Waals surface area contributed by atoms with Crippen LogP contribution in [0.2, 0.25) is 0 Å². The van der Waals surface area contributed by atoms with Gasteiger partial charge in [-0.15, -0.1) is 0 Å². The number of benzene rings is 1. The summed E-state index contributed by atoms with van der Waals surface area (Å²) in [6.07, 6.45) is 1.20. The molecule has 1 aliphatic heterocycles. The zero-order valence-electron chi connectivity index (χ0n) is 13.0. The van der Waals surface area contributed by atoms with Crippen molar-refractivity contribution in [2.24, 2.45) is 0 Å². The number of aromatic nitrogens is 1. The fraction of sp³-hybridized carbons (Fsp3) is 0.222. The molecule has 0 saturated carbocycles. The van der Waals surface area contributed by atoms with Gasteiger partial charge in [-0.1, -0.05) is 12.1 Å². The normalized spacial score (nSPS) is 14.0. The minimum atomic E-state index is -0.397. The van der Waals surface area contributed by atoms with Crippen LogP contribution >= 0.6 is 0 Å². The highest BCUT2D eigenvalue weighted by Gasteiger charge is 2.27. The average Bonchev–Trinajstić information content (AvgIpc) is 3.04. The Kier molecular flexibility index (Phi) is 3.08. The first kappa shape index (κ1) is 13.8. The van der Waals surface area contributed by atoms with Crippen LogP contribution in [0.15, 0.2) is 41.0 Å². The van der Waals surface area contributed by atoms with E-state index in [1.807, 2.05) is 19.1 Å². The molecule has 1 aromatic carbocycles. The number of aryl methyl sites for hydroxylation is 2. The number of hydrogen-bond acceptors (Lipinski definition) is 4. The predicted octanol–water partition coefficient (Wildman–Crippen LogP) is 3.96. The van der Waals surface area contributed by atoms with Crippen LogP contribution in [0.25, 0.3) is 10.9 Å². The SMILES string of the molecule is Cc1ccc(C)c2nc3c(cc12)CN(Cc1ccco1)C(=O)O3. The van der Waals surface area contributed by atoms with Crippen molar-refractivity contribution in [3.8, 4) is 5.88 Å². The largest absolute Gasteiger partial charge is 0.467 e. The zero-order valence-corrected chi connectivity index (χ0v) is 13.0. The smallest absolute Gasteiger partial charge is 0.417 e. The average molecular weight is 308 g/mol. The van der Waals surface area contributed by atoms with Gasteiger partial charge in [0.1, 0.15) is 5.76 Å². The van der Waals surface area contributed by atoms with E-state index in [4.69, 9.17) is 9.15 Å². The van der Waals surface area contributed by atoms with Crippen molar-refractivity contribution in [1.82, 2.24) is 9.88 Å². The summed E-state index contributed by atoms with van der Waals surface area (Å²) in [6, 6.07) is 9.84. The lowest BCUT2D eigenvalue weighted by atomic mass is 10.0. The molecule has 3 aromatic rings. The second-order valence-corrected chi connectivity index (χ2v) is 5.85. The summed E-state index contributed by atoms with van der Waals surface area (Å²) in [5.74, 6) is 1.14. The van der Waals surface area contributed by atoms with E-state index in [-0.39, 0.29) is 0 Å². The number of pyridine rings is 1. The molecule has 0 saturated heterocycles. The Morgan fingerprint density at radius 2 is 2.04 bits per heavy atom. The van der Waals surface area contributed by atoms with Gasteiger partial charge in [-0.05, 0) is 43.2 Å². The van der Waals surface area contributed by atoms with Gasteiger partial charge in [0.05, 0.1) is 24.9 Å². The standard InChI is InChI=1S/C18H16N2O3/c1-11-5-6-12(2)16-15(11)8-13-9-20(10-14-4-3-7-22-14)18(21)23-17(13)19-16/h3-8H,9-10H2,1-2H3. The fourth-order valence-corrected chi connectivity index (χ4v) is 2.89. The first-order valence-electron chi connectivity index (χ1n) is 7.51. The molecule has 1 aliphatic rings. The van der Waals surface area contributed by atoms with E-state index in [2.05, 4.69) is 24.0 Å². The van der Waals surface area contributed by atoms with Gasteiger partial charge >= 0.3 is 6.09 Å². The number of hydrogen-bond donors (Lipinski definition) is 0. The van der Waals surface area contributed by atoms with Gasteiger partial charge in [0.15, 0.2) is 0 Å². The van der Waals surface area contributed by atoms with Crippen LogP contribution in [0.3, 0.4) is 0 Å². The Balaban J connectivity index is 1.75. The lowest BCUT2D eigenvalue weighted by Crippen LogP contribution is -2.36. The van der Waals surface area contributed by atoms with Gasteiger partial charge in [-0.3, -0.25) is 4.90 Å². The Morgan fingerprint density at radius 1 is 1.22 bits per heavy atom. The molecule has 0 spiro atoms. The quantitative estimate of drug-likeness (QED) is 0.719. The zero-order chi connectivity index (χ0) is 16.0. The molecule has 0 radical (unpaired) electrons. The molecule has 2 aromatic heterocycles. The molecule has 0 unspecified atom stereocenters. The first-order chi connectivity index (χ1) is 11.1. The topological polar surface area (TPSA) is 55.6 Å². The van der Waals surface area contributed by atoms with Crippen LogP contribution in [-0.2, 0) is 13.1 Å². The summed E-state index contributed by atoms with van der Waals surface area (Å²) >= 11 is 0. The highest BCUT2D eigenvalue weighted by molar-refractivity contribution is 5.87. The van der Waals surface area contributed by atoms with Gasteiger partial charge in [-0.2, -0.15) is 0 Å². The molecule has 5 heteroatoms. The van der Waals surface area contributed by atoms with Gasteiger partial charge in [-0.25, -0.2) is 9.78 Å². The van der Waals surface area contributed by atoms with Crippen molar-refractivity contribution in [3.63, 3.8) is 0 Å². The molecule has 116 valence electrons. The number of carbonyl (C=O) groups excluding carboxylic acids is 1. The predicted molar refractivity (Wildman–Crippen MR) is 85.2 cm³/mol. The summed E-state index contributed by atoms with van der Waals surface area (Å²) in [5.41, 5.74) is 4.03. The monoisotopic (exact) mass is 308 g/mol. The van der Waals surface area contributed by atoms with E-state index in [0.717, 1.165) is 33.4 Å². The summed E-state index contributed by atoms with van der Waals surface area (Å²) in [5, 5.41) is 1.10. The summed E-state index contributed by atoms with van der Waals surface area (Å²) in [6.45, 7) is 4.92. The van der Waals surface area contributed by atoms with Crippen LogP contribution in [0, 0.1) is 13.8 Å². The van der Waals surface area contributed by atoms with Crippen LogP contribution in [0.1, 0.15) is 22.5 Å². The minimum Gasteiger partial charge on any atom is -0.467 e. The van der Waals surface area contributed by atoms with E-state index >= 15 is 0 Å². The van der Waals surface area contributed by atoms with E-state index < -0.39 is 6.09 Å². The number of furan rings is 1. The second-order valence-electron chi connectivity index (χ2n) is 5.85. The van der Waals surface area contributed by atoms with Crippen LogP contribution < -0.4 is 4.74 Å². The molecular formula is C18H16N2O3. The maximum absolute atomic E-state index is 12.2. The van der Waals surface area contributed by atoms with E-state index in [0.29, 0.717) is 19.0 Å². The Morgan fingerprint density at radius 3 is 2.83 bits per heavy atom. The van der Waals surface area contributed by atoms with E-state index in [9.17, 15) is 4.79 Å². The summed E-state index contributed by atoms with van der Waals surface area (Å²) < 4.78 is 10.7. The minimum absolute atomic E-state index is 0.385. The number of carbonyl (C=O) groups is 1. The van der Waals surface area contributed by atoms with Gasteiger partial charge < -0.3 is 9.15 Å². The number of ether oxygens (including phenoxy) is 1. The highest BCUT2D eigenvalue weighted by atomic mass is 16.6. The Bertz CT molecular complexity index is 900. The van der Waals surface area contributed by atoms with Crippen molar-refractivity contribution in [1.29, 1.82) is 0 Å². The molecule has 0 aliphatic carbocycles. The third-order valence-electron chi connectivity index (χ3n) is 4.17. The van der Waals surface area contributed by atoms with Crippen molar-refractivity contribution in [2.45, 2.75) is 26.9 Å². The van der Waals surface area contributed by atoms with Gasteiger partial charge in [0, 0.05) is 10.9 Å². The van der Waals surface area contributed by atoms with E-state index in [1.54, 1.807) is 17.2 Å². The van der Waals surface area contributed by atoms with Gasteiger partial charge in [0.25, 0.3) is 0 Å². The lowest BCUT2D eigenvalue weighted by molar-refractivity contribution is 0.129. The fourth-order valence-electron chi connectivity index (χ4n) is 2.89. The Labute approximate surface area is 133 Å². The maximum atomic E-state index is 12.2. The van der Waals surface area contributed by atoms with Crippen molar-refractivity contribution >= 4 is 17.0 Å². The summed E-state index contributed by atoms with van der Waals surface area (Å²) in [4.78, 5) is 18.4. The molecule has 4 rings (SSSR count). The highest BCUT2D eigenvalue weighted by Crippen LogP contribution is 2.31. The molecular weight excluding hydrogens is 292 g/mol. The van der Waals surface area contributed by atoms with Crippen molar-refractivity contribution in [2.75, 3.05) is 0 Å². The first-order valence-corrected chi connectivity index (χ1v) is 7.51. The maximum Gasteiger partial charge on any atom is 0.417 e. The second kappa shape index (κ2) is 5.12. The number of rotatable bonds is 2. The molecule has 1 amide bonds. The molecule has 0 fully saturated rings. The van der Waals surface area contributed by atoms with Crippen molar-refractivity contribution < 1.29 is 13.9 Å². The lowest BCUT2D eigenvalue weighted by Gasteiger charge is -2.27. The number of amides is 1. The molecule has 0 atom stereocenters. The van der Waals surface area contributed by atoms with Crippen LogP contribution in [-0.4, -0.2) is 16.0 Å². The van der Waals surface area contributed by atoms with E-state index in [1.165, 1.54) is 0 Å². The number of fused-ring (bicyclic) bond motifs is 2. The van der Waals surface area contributed by atoms with Crippen molar-refractivity contribution in [3.05, 3.63) is 59.0 Å². The third kappa shape index (κ3) is 2.34. The number of nitrogens with zero attached hydrogens (tertiary/aromatic N) is 2. The van der Waals surface area contributed by atoms with Crippen LogP contribution in [0.4, 0.5) is 4.79 Å². The summed E-state index contributed by atoms with van der Waals surface area (Å²) in [7, 11) is 0. The molecule has 3 heterocycles. The molecule has 23 heavy (non-hydrogen) atoms. The molecule has 0 bridgehead atoms. The Hall–Kier alpha value is -2.82. The molecule has 0 N–H and O–H groups in total. The van der Waals surface area contributed by atoms with Crippen LogP contribution in [0.5, 0.6) is 5.88 Å². The van der Waals surface area contributed by atoms with Gasteiger partial charge in [0.2, 0.25) is 5.88 Å². The molecule has 5 nitrogen and oxygen atoms in total. The third-order valence-corrected chi connectivity index (χ3v) is 4.17.